The minimum absolute atomic E-state index is 0.0859. The Bertz CT molecular complexity index is 5690. The molecule has 12 aliphatic rings. The van der Waals surface area contributed by atoms with Crippen molar-refractivity contribution < 1.29 is 0 Å². The maximum absolute atomic E-state index is 3.70. The van der Waals surface area contributed by atoms with Crippen LogP contribution in [0.15, 0.2) is 255 Å². The summed E-state index contributed by atoms with van der Waals surface area (Å²) in [6.07, 6.45) is 71.1. The van der Waals surface area contributed by atoms with Crippen LogP contribution in [-0.2, 0) is 0 Å². The quantitative estimate of drug-likeness (QED) is 0.142. The summed E-state index contributed by atoms with van der Waals surface area (Å²) in [4.78, 5) is 0. The van der Waals surface area contributed by atoms with Crippen molar-refractivity contribution in [3.8, 4) is 0 Å². The summed E-state index contributed by atoms with van der Waals surface area (Å²) in [5, 5.41) is 9.68. The van der Waals surface area contributed by atoms with Gasteiger partial charge in [-0.2, -0.15) is 0 Å². The number of hydrogen-bond donors (Lipinski definition) is 0. The summed E-state index contributed by atoms with van der Waals surface area (Å²) >= 11 is 0. The molecule has 17 aromatic rings. The van der Waals surface area contributed by atoms with Crippen LogP contribution in [0.25, 0.3) is 64.6 Å². The maximum atomic E-state index is 3.70. The molecular formula is C132H90. The van der Waals surface area contributed by atoms with Crippen LogP contribution in [0, 0.1) is 218 Å². The molecule has 618 valence electrons. The molecule has 0 heterocycles. The monoisotopic (exact) mass is 1670 g/mol. The highest BCUT2D eigenvalue weighted by atomic mass is 14.3. The molecule has 12 atom stereocenters. The molecule has 0 aliphatic heterocycles. The Morgan fingerprint density at radius 1 is 0.121 bits per heavy atom. The van der Waals surface area contributed by atoms with Gasteiger partial charge in [0, 0.05) is 202 Å². The van der Waals surface area contributed by atoms with Crippen molar-refractivity contribution >= 4 is 64.6 Å². The molecule has 24 bridgehead atoms. The van der Waals surface area contributed by atoms with Gasteiger partial charge in [-0.25, -0.2) is 0 Å². The summed E-state index contributed by atoms with van der Waals surface area (Å²) in [5.41, 5.74) is 12.3. The van der Waals surface area contributed by atoms with E-state index in [2.05, 4.69) is 437 Å². The molecule has 0 fully saturated rings. The molecule has 0 N–H and O–H groups in total. The first-order valence-corrected chi connectivity index (χ1v) is 46.8. The van der Waals surface area contributed by atoms with E-state index in [1.807, 2.05) is 36.4 Å². The molecule has 0 aromatic heterocycles. The summed E-state index contributed by atoms with van der Waals surface area (Å²) in [6, 6.07) is 163. The molecule has 0 saturated carbocycles. The molecule has 132 heavy (non-hydrogen) atoms. The van der Waals surface area contributed by atoms with Gasteiger partial charge in [-0.05, 0) is 259 Å². The van der Waals surface area contributed by atoms with Gasteiger partial charge in [0.15, 0.2) is 0 Å². The zero-order chi connectivity index (χ0) is 88.7. The van der Waals surface area contributed by atoms with Crippen LogP contribution in [0.3, 0.4) is 0 Å². The van der Waals surface area contributed by atoms with Crippen LogP contribution < -0.4 is 0 Å². The topological polar surface area (TPSA) is 0 Å². The molecule has 0 heteroatoms. The first-order chi connectivity index (χ1) is 65.4. The molecule has 0 amide bonds. The van der Waals surface area contributed by atoms with Gasteiger partial charge in [-0.1, -0.05) is 330 Å². The van der Waals surface area contributed by atoms with E-state index in [4.69, 9.17) is 0 Å². The van der Waals surface area contributed by atoms with Crippen LogP contribution >= 0.6 is 0 Å². The van der Waals surface area contributed by atoms with E-state index in [9.17, 15) is 0 Å². The minimum atomic E-state index is 0.0859. The Balaban J connectivity index is 0.842. The smallest absolute Gasteiger partial charge is 0.0280 e. The Labute approximate surface area is 785 Å². The van der Waals surface area contributed by atoms with E-state index in [-0.39, 0.29) is 71.0 Å². The number of benzene rings is 5. The number of rotatable bonds is 0. The van der Waals surface area contributed by atoms with Crippen molar-refractivity contribution in [2.45, 2.75) is 187 Å². The van der Waals surface area contributed by atoms with Gasteiger partial charge in [0.1, 0.15) is 0 Å². The van der Waals surface area contributed by atoms with Gasteiger partial charge < -0.3 is 0 Å². The highest BCUT2D eigenvalue weighted by molar-refractivity contribution is 5.77. The van der Waals surface area contributed by atoms with Crippen LogP contribution in [0.2, 0.25) is 0 Å². The highest BCUT2D eigenvalue weighted by Crippen LogP contribution is 2.44. The average molecular weight is 1680 g/mol. The van der Waals surface area contributed by atoms with E-state index in [1.54, 1.807) is 0 Å². The third kappa shape index (κ3) is 21.3. The van der Waals surface area contributed by atoms with Crippen molar-refractivity contribution in [2.24, 2.45) is 0 Å². The highest BCUT2D eigenvalue weighted by Gasteiger charge is 2.29. The fraction of sp³-hybridized carbons (Fsp3) is 0.227. The summed E-state index contributed by atoms with van der Waals surface area (Å²) in [7, 11) is 0. The van der Waals surface area contributed by atoms with Crippen molar-refractivity contribution in [3.05, 3.63) is 540 Å². The zero-order valence-electron chi connectivity index (χ0n) is 73.9. The van der Waals surface area contributed by atoms with Crippen molar-refractivity contribution in [2.75, 3.05) is 0 Å². The standard InChI is InChI=1S/C132H90/c1-19-61-121-109-37-7-13-43-115(55-25-49-109)127(121)85-79-97-67-69-98(70-68-97)80-88-130-118-46-16-10-40-112(52-28-58-118)124(130)64-22-4-34-106-94-107-35-5-23-65-125-113-41-11-17-47-119(59-29-53-113)131(125)89-83-101-75-71-99(72-76-101)81-86-128-116-44-14-8-38-110(50-26-56-116)122(128)62-20-2-32-104-91-103(31-1)92-105(93-104)33-3-21-63-123-111-39-9-15-45-117(57-27-51-111)129(123)87-82-100-73-77-102(78-74-100)84-90-132-120-48-18-12-42-114(54-30-60-120)126(132)66-24-6-36-108(95-106)96-107/h7-18,37-48,67-78,91-96,109-120H,25-30,49-60H2. The van der Waals surface area contributed by atoms with Gasteiger partial charge in [-0.15, -0.1) is 0 Å². The van der Waals surface area contributed by atoms with Crippen molar-refractivity contribution in [3.63, 3.8) is 0 Å². The number of allylic oxidation sites excluding steroid dienone is 24. The Kier molecular flexibility index (Phi) is 27.0. The summed E-state index contributed by atoms with van der Waals surface area (Å²) in [5.74, 6) is 1.13. The van der Waals surface area contributed by atoms with E-state index < -0.39 is 0 Å². The minimum Gasteiger partial charge on any atom is -0.0763 e. The molecular weight excluding hydrogens is 1590 g/mol. The van der Waals surface area contributed by atoms with Gasteiger partial charge in [0.25, 0.3) is 0 Å². The second kappa shape index (κ2) is 42.0. The third-order valence-corrected chi connectivity index (χ3v) is 26.5. The van der Waals surface area contributed by atoms with E-state index >= 15 is 0 Å². The molecule has 0 spiro atoms. The lowest BCUT2D eigenvalue weighted by atomic mass is 9.89. The first kappa shape index (κ1) is 85.0. The van der Waals surface area contributed by atoms with E-state index in [0.29, 0.717) is 0 Å². The third-order valence-electron chi connectivity index (χ3n) is 26.5. The zero-order valence-corrected chi connectivity index (χ0v) is 73.9. The van der Waals surface area contributed by atoms with Crippen LogP contribution in [0.4, 0.5) is 0 Å². The van der Waals surface area contributed by atoms with Gasteiger partial charge in [0.2, 0.25) is 0 Å². The van der Waals surface area contributed by atoms with Crippen molar-refractivity contribution in [1.82, 2.24) is 0 Å². The summed E-state index contributed by atoms with van der Waals surface area (Å²) < 4.78 is 0. The fourth-order valence-electron chi connectivity index (χ4n) is 19.7. The second-order valence-electron chi connectivity index (χ2n) is 35.3. The Hall–Kier alpha value is -16.5. The van der Waals surface area contributed by atoms with Crippen LogP contribution in [-0.4, -0.2) is 0 Å². The Morgan fingerprint density at radius 2 is 0.235 bits per heavy atom. The molecule has 12 aliphatic carbocycles. The van der Waals surface area contributed by atoms with Gasteiger partial charge in [-0.3, -0.25) is 0 Å². The predicted octanol–water partition coefficient (Wildman–Crippen LogP) is 29.8. The lowest BCUT2D eigenvalue weighted by molar-refractivity contribution is 0.646. The van der Waals surface area contributed by atoms with E-state index in [1.165, 1.54) is 0 Å². The largest absolute Gasteiger partial charge is 0.0763 e. The predicted molar refractivity (Wildman–Crippen MR) is 527 cm³/mol. The van der Waals surface area contributed by atoms with Crippen LogP contribution in [0.5, 0.6) is 0 Å². The molecule has 17 aromatic carbocycles. The lowest BCUT2D eigenvalue weighted by Gasteiger charge is -2.13. The van der Waals surface area contributed by atoms with Gasteiger partial charge in [0.05, 0.1) is 0 Å². The molecule has 0 radical (unpaired) electrons. The lowest BCUT2D eigenvalue weighted by Crippen LogP contribution is -1.99. The fourth-order valence-corrected chi connectivity index (χ4v) is 19.7. The average Bonchev–Trinajstić information content (AvgIpc) is 1.62. The maximum Gasteiger partial charge on any atom is 0.0280 e. The first-order valence-electron chi connectivity index (χ1n) is 46.8. The van der Waals surface area contributed by atoms with Crippen LogP contribution in [0.1, 0.15) is 253 Å². The molecule has 29 rings (SSSR count). The Morgan fingerprint density at radius 3 is 0.364 bits per heavy atom. The van der Waals surface area contributed by atoms with Gasteiger partial charge >= 0.3 is 0 Å². The van der Waals surface area contributed by atoms with E-state index in [0.717, 1.165) is 247 Å². The second-order valence-corrected chi connectivity index (χ2v) is 35.3. The SMILES string of the molecule is c1c#cc2cc3c#cc#cc4c(c#cc5ccc(c#cc6c(c#cc#cc7cc(c#cc#cc8c(c#cc9ccc(c#cc%10c(c#1)C1C=CC=CC%10CCC1)cc9)C1C=CC=CC8CCC1)cc(c#cc#cc1c(c#cc8ccc(c#cc9c(c#cc#cc(c2)c3)C2C=CC=CC9CCC2)cc8)C2C=CC=CC1CCC2)c7)C1C=CC=CC6CCC1)cc5)C1C=CC=CC4CCC1. The summed E-state index contributed by atoms with van der Waals surface area (Å²) in [6.45, 7) is 0. The molecule has 0 saturated heterocycles. The molecule has 12 unspecified atom stereocenters. The van der Waals surface area contributed by atoms with Crippen molar-refractivity contribution in [1.29, 1.82) is 0 Å². The normalized spacial score (nSPS) is 21.5. The number of hydrogen-bond acceptors (Lipinski definition) is 0. The molecule has 0 nitrogen and oxygen atoms in total.